The summed E-state index contributed by atoms with van der Waals surface area (Å²) in [5.74, 6) is 0.0426. The van der Waals surface area contributed by atoms with E-state index >= 15 is 0 Å². The molecule has 0 radical (unpaired) electrons. The second kappa shape index (κ2) is 13.0. The van der Waals surface area contributed by atoms with Crippen molar-refractivity contribution in [2.45, 2.75) is 110 Å². The van der Waals surface area contributed by atoms with Crippen LogP contribution in [0.4, 0.5) is 0 Å². The maximum absolute atomic E-state index is 2.41. The highest BCUT2D eigenvalue weighted by atomic mass is 14.4. The van der Waals surface area contributed by atoms with Gasteiger partial charge in [-0.2, -0.15) is 0 Å². The summed E-state index contributed by atoms with van der Waals surface area (Å²) in [6, 6.07) is 24.0. The molecular formula is C50H56. The van der Waals surface area contributed by atoms with E-state index < -0.39 is 0 Å². The Kier molecular flexibility index (Phi) is 9.23. The average Bonchev–Trinajstić information content (AvgIpc) is 3.24. The monoisotopic (exact) mass is 656 g/mol. The standard InChI is InChI=1S/C50H56/c1-26-16-31(6)41(32(7)17-26)46-47(42-33(8)18-27(2)19-34(42)9)49(44-37(12)22-29(4)23-38(44)13)50(45-39(14)24-30(5)25-40(45)15)48(46)43-35(10)20-28(3)21-36(43)11/h16-25,46H,1-15H3. The summed E-state index contributed by atoms with van der Waals surface area (Å²) >= 11 is 0. The molecule has 0 saturated carbocycles. The van der Waals surface area contributed by atoms with Crippen molar-refractivity contribution in [1.29, 1.82) is 0 Å². The molecule has 0 heteroatoms. The number of hydrogen-bond acceptors (Lipinski definition) is 0. The molecule has 50 heavy (non-hydrogen) atoms. The van der Waals surface area contributed by atoms with Crippen molar-refractivity contribution >= 4 is 22.3 Å². The van der Waals surface area contributed by atoms with Crippen LogP contribution in [0.25, 0.3) is 22.3 Å². The van der Waals surface area contributed by atoms with Crippen molar-refractivity contribution in [3.63, 3.8) is 0 Å². The lowest BCUT2D eigenvalue weighted by Gasteiger charge is -2.29. The molecule has 5 aromatic carbocycles. The molecule has 0 nitrogen and oxygen atoms in total. The molecule has 0 fully saturated rings. The van der Waals surface area contributed by atoms with Gasteiger partial charge in [0.1, 0.15) is 0 Å². The minimum atomic E-state index is 0.0426. The van der Waals surface area contributed by atoms with E-state index in [0.717, 1.165) is 0 Å². The third kappa shape index (κ3) is 5.91. The second-order valence-corrected chi connectivity index (χ2v) is 15.9. The number of aryl methyl sites for hydroxylation is 15. The summed E-state index contributed by atoms with van der Waals surface area (Å²) in [5.41, 5.74) is 32.8. The maximum atomic E-state index is 2.41. The van der Waals surface area contributed by atoms with Crippen molar-refractivity contribution in [2.24, 2.45) is 0 Å². The number of hydrogen-bond donors (Lipinski definition) is 0. The first-order chi connectivity index (χ1) is 23.5. The molecule has 6 rings (SSSR count). The van der Waals surface area contributed by atoms with Crippen LogP contribution in [0.1, 0.15) is 117 Å². The molecule has 0 spiro atoms. The van der Waals surface area contributed by atoms with Gasteiger partial charge in [-0.3, -0.25) is 0 Å². The maximum Gasteiger partial charge on any atom is 0.0370 e. The van der Waals surface area contributed by atoms with E-state index in [1.54, 1.807) is 0 Å². The van der Waals surface area contributed by atoms with Crippen LogP contribution in [-0.2, 0) is 0 Å². The molecule has 0 heterocycles. The first-order valence-corrected chi connectivity index (χ1v) is 18.4. The molecule has 0 bridgehead atoms. The Labute approximate surface area is 303 Å². The van der Waals surface area contributed by atoms with Gasteiger partial charge in [0.05, 0.1) is 0 Å². The zero-order valence-electron chi connectivity index (χ0n) is 33.4. The van der Waals surface area contributed by atoms with E-state index in [4.69, 9.17) is 0 Å². The van der Waals surface area contributed by atoms with Gasteiger partial charge in [-0.15, -0.1) is 0 Å². The SMILES string of the molecule is Cc1cc(C)c(C2=C(c3c(C)cc(C)cc3C)C(c3c(C)cc(C)cc3C)C(c3c(C)cc(C)cc3C)=C2c2c(C)cc(C)cc2C)c(C)c1. The topological polar surface area (TPSA) is 0 Å². The number of benzene rings is 5. The summed E-state index contributed by atoms with van der Waals surface area (Å²) in [6.45, 7) is 34.5. The number of rotatable bonds is 5. The van der Waals surface area contributed by atoms with Crippen LogP contribution in [0.15, 0.2) is 60.7 Å². The largest absolute Gasteiger partial charge is 0.0561 e. The minimum absolute atomic E-state index is 0.0426. The Balaban J connectivity index is 2.00. The lowest BCUT2D eigenvalue weighted by Crippen LogP contribution is -2.11. The zero-order chi connectivity index (χ0) is 36.5. The first-order valence-electron chi connectivity index (χ1n) is 18.4. The van der Waals surface area contributed by atoms with Crippen molar-refractivity contribution in [3.05, 3.63) is 172 Å². The molecule has 0 aliphatic heterocycles. The lowest BCUT2D eigenvalue weighted by molar-refractivity contribution is 1.06. The second-order valence-electron chi connectivity index (χ2n) is 15.9. The third-order valence-electron chi connectivity index (χ3n) is 11.1. The normalized spacial score (nSPS) is 13.7. The van der Waals surface area contributed by atoms with Gasteiger partial charge in [-0.25, -0.2) is 0 Å². The van der Waals surface area contributed by atoms with E-state index in [2.05, 4.69) is 165 Å². The van der Waals surface area contributed by atoms with E-state index in [9.17, 15) is 0 Å². The highest BCUT2D eigenvalue weighted by Gasteiger charge is 2.42. The Hall–Kier alpha value is -4.42. The van der Waals surface area contributed by atoms with Gasteiger partial charge in [0.25, 0.3) is 0 Å². The Morgan fingerprint density at radius 3 is 0.700 bits per heavy atom. The highest BCUT2D eigenvalue weighted by molar-refractivity contribution is 6.31. The fraction of sp³-hybridized carbons (Fsp3) is 0.320. The van der Waals surface area contributed by atoms with Gasteiger partial charge in [0, 0.05) is 5.92 Å². The minimum Gasteiger partial charge on any atom is -0.0561 e. The number of allylic oxidation sites excluding steroid dienone is 4. The summed E-state index contributed by atoms with van der Waals surface area (Å²) in [4.78, 5) is 0. The van der Waals surface area contributed by atoms with Gasteiger partial charge in [-0.05, 0) is 210 Å². The van der Waals surface area contributed by atoms with Gasteiger partial charge < -0.3 is 0 Å². The van der Waals surface area contributed by atoms with E-state index in [-0.39, 0.29) is 5.92 Å². The average molecular weight is 657 g/mol. The molecule has 0 N–H and O–H groups in total. The molecule has 1 aliphatic carbocycles. The van der Waals surface area contributed by atoms with Gasteiger partial charge >= 0.3 is 0 Å². The molecule has 0 atom stereocenters. The van der Waals surface area contributed by atoms with Crippen molar-refractivity contribution in [2.75, 3.05) is 0 Å². The van der Waals surface area contributed by atoms with Gasteiger partial charge in [0.2, 0.25) is 0 Å². The zero-order valence-corrected chi connectivity index (χ0v) is 33.4. The van der Waals surface area contributed by atoms with Crippen molar-refractivity contribution < 1.29 is 0 Å². The predicted octanol–water partition coefficient (Wildman–Crippen LogP) is 13.6. The molecular weight excluding hydrogens is 601 g/mol. The van der Waals surface area contributed by atoms with Crippen LogP contribution in [0, 0.1) is 104 Å². The van der Waals surface area contributed by atoms with Crippen LogP contribution in [0.2, 0.25) is 0 Å². The fourth-order valence-corrected chi connectivity index (χ4v) is 10.1. The molecule has 5 aromatic rings. The predicted molar refractivity (Wildman–Crippen MR) is 220 cm³/mol. The molecule has 0 aromatic heterocycles. The van der Waals surface area contributed by atoms with Crippen LogP contribution in [0.3, 0.4) is 0 Å². The molecule has 0 unspecified atom stereocenters. The highest BCUT2D eigenvalue weighted by Crippen LogP contribution is 2.62. The van der Waals surface area contributed by atoms with Gasteiger partial charge in [0.15, 0.2) is 0 Å². The molecule has 0 saturated heterocycles. The van der Waals surface area contributed by atoms with Gasteiger partial charge in [-0.1, -0.05) is 88.5 Å². The van der Waals surface area contributed by atoms with Crippen LogP contribution in [0.5, 0.6) is 0 Å². The molecule has 256 valence electrons. The quantitative estimate of drug-likeness (QED) is 0.177. The Bertz CT molecular complexity index is 2040. The summed E-state index contributed by atoms with van der Waals surface area (Å²) < 4.78 is 0. The van der Waals surface area contributed by atoms with Crippen LogP contribution < -0.4 is 0 Å². The van der Waals surface area contributed by atoms with E-state index in [1.165, 1.54) is 134 Å². The first kappa shape index (κ1) is 35.4. The van der Waals surface area contributed by atoms with Crippen LogP contribution >= 0.6 is 0 Å². The van der Waals surface area contributed by atoms with Crippen LogP contribution in [-0.4, -0.2) is 0 Å². The molecule has 1 aliphatic rings. The van der Waals surface area contributed by atoms with E-state index in [0.29, 0.717) is 0 Å². The lowest BCUT2D eigenvalue weighted by atomic mass is 9.74. The Morgan fingerprint density at radius 2 is 0.460 bits per heavy atom. The molecule has 0 amide bonds. The van der Waals surface area contributed by atoms with Crippen molar-refractivity contribution in [1.82, 2.24) is 0 Å². The summed E-state index contributed by atoms with van der Waals surface area (Å²) in [6.07, 6.45) is 0. The Morgan fingerprint density at radius 1 is 0.260 bits per heavy atom. The summed E-state index contributed by atoms with van der Waals surface area (Å²) in [7, 11) is 0. The van der Waals surface area contributed by atoms with E-state index in [1.807, 2.05) is 0 Å². The smallest absolute Gasteiger partial charge is 0.0370 e. The van der Waals surface area contributed by atoms with Crippen molar-refractivity contribution in [3.8, 4) is 0 Å². The summed E-state index contributed by atoms with van der Waals surface area (Å²) in [5, 5.41) is 0. The third-order valence-corrected chi connectivity index (χ3v) is 11.1. The fourth-order valence-electron chi connectivity index (χ4n) is 10.1.